The van der Waals surface area contributed by atoms with Crippen LogP contribution >= 0.6 is 11.8 Å². The van der Waals surface area contributed by atoms with Gasteiger partial charge in [-0.3, -0.25) is 9.80 Å². The Bertz CT molecular complexity index is 244. The Hall–Kier alpha value is 0.01000. The minimum absolute atomic E-state index is 0.800. The number of rotatable bonds is 6. The Balaban J connectivity index is 1.79. The van der Waals surface area contributed by atoms with E-state index in [9.17, 15) is 0 Å². The Morgan fingerprint density at radius 3 is 3.06 bits per heavy atom. The predicted octanol–water partition coefficient (Wildman–Crippen LogP) is 2.46. The summed E-state index contributed by atoms with van der Waals surface area (Å²) in [4.78, 5) is 5.46. The molecule has 2 heterocycles. The molecule has 2 saturated heterocycles. The minimum Gasteiger partial charge on any atom is -0.298 e. The lowest BCUT2D eigenvalue weighted by Gasteiger charge is -2.43. The van der Waals surface area contributed by atoms with Gasteiger partial charge in [-0.1, -0.05) is 13.0 Å². The highest BCUT2D eigenvalue weighted by Gasteiger charge is 2.34. The smallest absolute Gasteiger partial charge is 0.0224 e. The fraction of sp³-hybridized carbons (Fsp3) is 0.857. The predicted molar refractivity (Wildman–Crippen MR) is 77.8 cm³/mol. The van der Waals surface area contributed by atoms with E-state index in [1.54, 1.807) is 0 Å². The second-order valence-electron chi connectivity index (χ2n) is 5.21. The monoisotopic (exact) mass is 254 g/mol. The van der Waals surface area contributed by atoms with Crippen molar-refractivity contribution in [3.05, 3.63) is 12.7 Å². The largest absolute Gasteiger partial charge is 0.298 e. The zero-order chi connectivity index (χ0) is 12.1. The third-order valence-electron chi connectivity index (χ3n) is 4.14. The highest BCUT2D eigenvalue weighted by molar-refractivity contribution is 7.99. The summed E-state index contributed by atoms with van der Waals surface area (Å²) in [6.07, 6.45) is 6.15. The molecule has 0 N–H and O–H groups in total. The fourth-order valence-electron chi connectivity index (χ4n) is 3.16. The standard InChI is InChI=1S/C14H26N2S/c1-3-9-17-10-8-16-12-14-6-5-7-15(14)11-13(16)4-2/h3,13-14H,1,4-12H2,2H3. The number of thioether (sulfide) groups is 1. The van der Waals surface area contributed by atoms with Crippen LogP contribution in [0.25, 0.3) is 0 Å². The van der Waals surface area contributed by atoms with Crippen LogP contribution in [0.1, 0.15) is 26.2 Å². The summed E-state index contributed by atoms with van der Waals surface area (Å²) in [6, 6.07) is 1.66. The van der Waals surface area contributed by atoms with Gasteiger partial charge in [-0.15, -0.1) is 6.58 Å². The van der Waals surface area contributed by atoms with Crippen LogP contribution in [0.3, 0.4) is 0 Å². The van der Waals surface area contributed by atoms with E-state index < -0.39 is 0 Å². The van der Waals surface area contributed by atoms with Gasteiger partial charge in [0.2, 0.25) is 0 Å². The third-order valence-corrected chi connectivity index (χ3v) is 5.08. The van der Waals surface area contributed by atoms with Gasteiger partial charge >= 0.3 is 0 Å². The average molecular weight is 254 g/mol. The Morgan fingerprint density at radius 2 is 2.29 bits per heavy atom. The molecule has 2 unspecified atom stereocenters. The fourth-order valence-corrected chi connectivity index (χ4v) is 3.85. The molecule has 2 aliphatic rings. The van der Waals surface area contributed by atoms with E-state index in [0.717, 1.165) is 17.8 Å². The maximum atomic E-state index is 3.78. The topological polar surface area (TPSA) is 6.48 Å². The van der Waals surface area contributed by atoms with Crippen LogP contribution in [0, 0.1) is 0 Å². The van der Waals surface area contributed by atoms with Gasteiger partial charge in [-0.05, 0) is 25.8 Å². The molecule has 2 fully saturated rings. The van der Waals surface area contributed by atoms with E-state index in [1.165, 1.54) is 51.2 Å². The van der Waals surface area contributed by atoms with Crippen molar-refractivity contribution in [3.63, 3.8) is 0 Å². The summed E-state index contributed by atoms with van der Waals surface area (Å²) < 4.78 is 0. The van der Waals surface area contributed by atoms with Crippen LogP contribution in [-0.2, 0) is 0 Å². The molecule has 2 atom stereocenters. The van der Waals surface area contributed by atoms with Crippen molar-refractivity contribution in [1.29, 1.82) is 0 Å². The molecule has 0 amide bonds. The van der Waals surface area contributed by atoms with E-state index >= 15 is 0 Å². The van der Waals surface area contributed by atoms with Crippen LogP contribution in [-0.4, -0.2) is 59.6 Å². The van der Waals surface area contributed by atoms with Gasteiger partial charge in [0, 0.05) is 43.2 Å². The van der Waals surface area contributed by atoms with E-state index in [-0.39, 0.29) is 0 Å². The molecule has 0 aliphatic carbocycles. The molecule has 0 saturated carbocycles. The lowest BCUT2D eigenvalue weighted by molar-refractivity contribution is 0.0541. The molecule has 0 aromatic carbocycles. The SMILES string of the molecule is C=CCSCCN1CC2CCCN2CC1CC. The van der Waals surface area contributed by atoms with Gasteiger partial charge in [-0.2, -0.15) is 11.8 Å². The van der Waals surface area contributed by atoms with E-state index in [2.05, 4.69) is 23.3 Å². The Kier molecular flexibility index (Phi) is 5.39. The zero-order valence-electron chi connectivity index (χ0n) is 11.1. The Morgan fingerprint density at radius 1 is 1.41 bits per heavy atom. The average Bonchev–Trinajstić information content (AvgIpc) is 2.80. The first kappa shape index (κ1) is 13.4. The van der Waals surface area contributed by atoms with E-state index in [1.807, 2.05) is 17.8 Å². The lowest BCUT2D eigenvalue weighted by atomic mass is 10.1. The Labute approximate surface area is 110 Å². The molecule has 17 heavy (non-hydrogen) atoms. The molecule has 0 bridgehead atoms. The number of hydrogen-bond donors (Lipinski definition) is 0. The summed E-state index contributed by atoms with van der Waals surface area (Å²) in [5.74, 6) is 2.36. The summed E-state index contributed by atoms with van der Waals surface area (Å²) in [6.45, 7) is 11.4. The van der Waals surface area contributed by atoms with Crippen LogP contribution in [0.2, 0.25) is 0 Å². The zero-order valence-corrected chi connectivity index (χ0v) is 11.9. The summed E-state index contributed by atoms with van der Waals surface area (Å²) >= 11 is 2.01. The molecule has 0 aromatic rings. The lowest BCUT2D eigenvalue weighted by Crippen LogP contribution is -2.56. The van der Waals surface area contributed by atoms with E-state index in [4.69, 9.17) is 0 Å². The second kappa shape index (κ2) is 6.81. The van der Waals surface area contributed by atoms with Crippen molar-refractivity contribution in [3.8, 4) is 0 Å². The van der Waals surface area contributed by atoms with Crippen molar-refractivity contribution in [2.75, 3.05) is 37.7 Å². The van der Waals surface area contributed by atoms with Gasteiger partial charge in [-0.25, -0.2) is 0 Å². The number of hydrogen-bond acceptors (Lipinski definition) is 3. The quantitative estimate of drug-likeness (QED) is 0.531. The summed E-state index contributed by atoms with van der Waals surface area (Å²) in [5.41, 5.74) is 0. The highest BCUT2D eigenvalue weighted by Crippen LogP contribution is 2.25. The molecule has 2 aliphatic heterocycles. The van der Waals surface area contributed by atoms with Gasteiger partial charge in [0.15, 0.2) is 0 Å². The van der Waals surface area contributed by atoms with Crippen molar-refractivity contribution in [1.82, 2.24) is 9.80 Å². The van der Waals surface area contributed by atoms with Gasteiger partial charge in [0.25, 0.3) is 0 Å². The minimum atomic E-state index is 0.800. The number of fused-ring (bicyclic) bond motifs is 1. The number of piperazine rings is 1. The maximum absolute atomic E-state index is 3.78. The van der Waals surface area contributed by atoms with Gasteiger partial charge in [0.05, 0.1) is 0 Å². The van der Waals surface area contributed by atoms with Crippen molar-refractivity contribution in [2.24, 2.45) is 0 Å². The molecule has 2 nitrogen and oxygen atoms in total. The third kappa shape index (κ3) is 3.49. The second-order valence-corrected chi connectivity index (χ2v) is 6.36. The molecule has 0 spiro atoms. The first-order valence-corrected chi connectivity index (χ1v) is 8.17. The molecule has 0 aromatic heterocycles. The molecule has 2 rings (SSSR count). The first-order valence-electron chi connectivity index (χ1n) is 7.02. The highest BCUT2D eigenvalue weighted by atomic mass is 32.2. The summed E-state index contributed by atoms with van der Waals surface area (Å²) in [7, 11) is 0. The summed E-state index contributed by atoms with van der Waals surface area (Å²) in [5, 5.41) is 0. The molecule has 98 valence electrons. The first-order chi connectivity index (χ1) is 8.35. The molecular weight excluding hydrogens is 228 g/mol. The van der Waals surface area contributed by atoms with Gasteiger partial charge < -0.3 is 0 Å². The van der Waals surface area contributed by atoms with Crippen LogP contribution in [0.4, 0.5) is 0 Å². The van der Waals surface area contributed by atoms with Crippen LogP contribution in [0.15, 0.2) is 12.7 Å². The molecule has 3 heteroatoms. The molecule has 0 radical (unpaired) electrons. The molecular formula is C14H26N2S. The normalized spacial score (nSPS) is 30.4. The number of nitrogens with zero attached hydrogens (tertiary/aromatic N) is 2. The van der Waals surface area contributed by atoms with Crippen molar-refractivity contribution < 1.29 is 0 Å². The van der Waals surface area contributed by atoms with E-state index in [0.29, 0.717) is 0 Å². The maximum Gasteiger partial charge on any atom is 0.0224 e. The van der Waals surface area contributed by atoms with Crippen molar-refractivity contribution in [2.45, 2.75) is 38.3 Å². The van der Waals surface area contributed by atoms with Crippen LogP contribution in [0.5, 0.6) is 0 Å². The van der Waals surface area contributed by atoms with Gasteiger partial charge in [0.1, 0.15) is 0 Å². The van der Waals surface area contributed by atoms with Crippen LogP contribution < -0.4 is 0 Å². The van der Waals surface area contributed by atoms with Crippen molar-refractivity contribution >= 4 is 11.8 Å².